The summed E-state index contributed by atoms with van der Waals surface area (Å²) in [4.78, 5) is 2.18. The first-order valence-electron chi connectivity index (χ1n) is 12.4. The van der Waals surface area contributed by atoms with Crippen LogP contribution in [0.2, 0.25) is 0 Å². The van der Waals surface area contributed by atoms with E-state index in [1.807, 2.05) is 12.1 Å². The zero-order valence-corrected chi connectivity index (χ0v) is 21.3. The van der Waals surface area contributed by atoms with E-state index in [-0.39, 0.29) is 23.7 Å². The Balaban J connectivity index is 1.59. The maximum atomic E-state index is 13.5. The first kappa shape index (κ1) is 26.3. The SMILES string of the molecule is COc1cccc(C2(OCc3ccc(F)cc3)CCC(OCc3ccc(F)cc3)CC2CN(C)C)c1. The number of ether oxygens (including phenoxy) is 3. The van der Waals surface area contributed by atoms with Gasteiger partial charge in [0.05, 0.1) is 32.0 Å². The fourth-order valence-electron chi connectivity index (χ4n) is 5.15. The van der Waals surface area contributed by atoms with Crippen LogP contribution in [0.4, 0.5) is 8.78 Å². The lowest BCUT2D eigenvalue weighted by Crippen LogP contribution is -2.48. The van der Waals surface area contributed by atoms with E-state index in [0.717, 1.165) is 48.2 Å². The molecular formula is C30H35F2NO3. The molecule has 6 heteroatoms. The van der Waals surface area contributed by atoms with E-state index in [1.165, 1.54) is 24.3 Å². The predicted molar refractivity (Wildman–Crippen MR) is 137 cm³/mol. The van der Waals surface area contributed by atoms with Gasteiger partial charge < -0.3 is 19.1 Å². The average molecular weight is 496 g/mol. The molecule has 0 amide bonds. The van der Waals surface area contributed by atoms with Crippen molar-refractivity contribution in [1.29, 1.82) is 0 Å². The number of rotatable bonds is 10. The summed E-state index contributed by atoms with van der Waals surface area (Å²) in [5.41, 5.74) is 2.41. The maximum absolute atomic E-state index is 13.5. The topological polar surface area (TPSA) is 30.9 Å². The van der Waals surface area contributed by atoms with Gasteiger partial charge in [0.25, 0.3) is 0 Å². The molecule has 1 fully saturated rings. The minimum Gasteiger partial charge on any atom is -0.497 e. The van der Waals surface area contributed by atoms with E-state index in [0.29, 0.717) is 13.2 Å². The van der Waals surface area contributed by atoms with Crippen LogP contribution in [0.5, 0.6) is 5.75 Å². The number of hydrogen-bond acceptors (Lipinski definition) is 4. The van der Waals surface area contributed by atoms with Crippen molar-refractivity contribution in [2.45, 2.75) is 44.2 Å². The summed E-state index contributed by atoms with van der Waals surface area (Å²) < 4.78 is 45.4. The van der Waals surface area contributed by atoms with Gasteiger partial charge in [-0.3, -0.25) is 0 Å². The second-order valence-corrected chi connectivity index (χ2v) is 9.83. The van der Waals surface area contributed by atoms with Gasteiger partial charge in [0, 0.05) is 12.5 Å². The van der Waals surface area contributed by atoms with Crippen LogP contribution in [0, 0.1) is 17.6 Å². The second kappa shape index (κ2) is 12.0. The van der Waals surface area contributed by atoms with Crippen LogP contribution in [0.3, 0.4) is 0 Å². The fraction of sp³-hybridized carbons (Fsp3) is 0.400. The highest BCUT2D eigenvalue weighted by Gasteiger charge is 2.46. The van der Waals surface area contributed by atoms with Crippen LogP contribution in [0.15, 0.2) is 72.8 Å². The standard InChI is InChI=1S/C30H35F2NO3/c1-33(2)19-25-18-29(35-20-22-7-11-26(31)12-8-22)15-16-30(25,24-5-4-6-28(17-24)34-3)36-21-23-9-13-27(32)14-10-23/h4-14,17,25,29H,15-16,18-21H2,1-3H3. The Labute approximate surface area is 212 Å². The molecule has 0 aromatic heterocycles. The zero-order chi connectivity index (χ0) is 25.5. The number of halogens is 2. The maximum Gasteiger partial charge on any atom is 0.123 e. The first-order valence-corrected chi connectivity index (χ1v) is 12.4. The highest BCUT2D eigenvalue weighted by molar-refractivity contribution is 5.34. The molecule has 3 aromatic carbocycles. The lowest BCUT2D eigenvalue weighted by molar-refractivity contribution is -0.156. The molecule has 0 N–H and O–H groups in total. The summed E-state index contributed by atoms with van der Waals surface area (Å²) in [6, 6.07) is 21.0. The average Bonchev–Trinajstić information content (AvgIpc) is 2.88. The van der Waals surface area contributed by atoms with Crippen molar-refractivity contribution in [2.24, 2.45) is 5.92 Å². The summed E-state index contributed by atoms with van der Waals surface area (Å²) in [7, 11) is 5.81. The summed E-state index contributed by atoms with van der Waals surface area (Å²) in [6.45, 7) is 1.64. The van der Waals surface area contributed by atoms with E-state index >= 15 is 0 Å². The molecule has 1 aliphatic rings. The summed E-state index contributed by atoms with van der Waals surface area (Å²) in [6.07, 6.45) is 2.48. The molecule has 4 rings (SSSR count). The van der Waals surface area contributed by atoms with Crippen molar-refractivity contribution in [3.05, 3.63) is 101 Å². The smallest absolute Gasteiger partial charge is 0.123 e. The van der Waals surface area contributed by atoms with Crippen LogP contribution in [-0.2, 0) is 28.3 Å². The molecule has 1 aliphatic carbocycles. The van der Waals surface area contributed by atoms with Gasteiger partial charge in [0.1, 0.15) is 17.4 Å². The van der Waals surface area contributed by atoms with Gasteiger partial charge in [0.2, 0.25) is 0 Å². The minimum atomic E-state index is -0.553. The molecule has 0 aliphatic heterocycles. The molecule has 36 heavy (non-hydrogen) atoms. The first-order chi connectivity index (χ1) is 17.4. The summed E-state index contributed by atoms with van der Waals surface area (Å²) >= 11 is 0. The van der Waals surface area contributed by atoms with Crippen LogP contribution >= 0.6 is 0 Å². The number of benzene rings is 3. The number of hydrogen-bond donors (Lipinski definition) is 0. The Morgan fingerprint density at radius 3 is 2.14 bits per heavy atom. The third-order valence-corrected chi connectivity index (χ3v) is 7.00. The van der Waals surface area contributed by atoms with Crippen LogP contribution in [-0.4, -0.2) is 38.8 Å². The Morgan fingerprint density at radius 1 is 0.889 bits per heavy atom. The quantitative estimate of drug-likeness (QED) is 0.329. The number of methoxy groups -OCH3 is 1. The van der Waals surface area contributed by atoms with Crippen molar-refractivity contribution in [3.63, 3.8) is 0 Å². The Hall–Kier alpha value is -2.80. The predicted octanol–water partition coefficient (Wildman–Crippen LogP) is 6.33. The van der Waals surface area contributed by atoms with Gasteiger partial charge in [0.15, 0.2) is 0 Å². The molecule has 3 aromatic rings. The van der Waals surface area contributed by atoms with Crippen molar-refractivity contribution >= 4 is 0 Å². The van der Waals surface area contributed by atoms with Crippen LogP contribution < -0.4 is 4.74 Å². The Kier molecular flexibility index (Phi) is 8.72. The third kappa shape index (κ3) is 6.49. The van der Waals surface area contributed by atoms with Gasteiger partial charge in [-0.2, -0.15) is 0 Å². The fourth-order valence-corrected chi connectivity index (χ4v) is 5.15. The van der Waals surface area contributed by atoms with Gasteiger partial charge in [-0.05, 0) is 86.4 Å². The second-order valence-electron chi connectivity index (χ2n) is 9.83. The molecular weight excluding hydrogens is 460 g/mol. The van der Waals surface area contributed by atoms with Gasteiger partial charge >= 0.3 is 0 Å². The van der Waals surface area contributed by atoms with Crippen LogP contribution in [0.1, 0.15) is 36.0 Å². The van der Waals surface area contributed by atoms with Crippen molar-refractivity contribution in [2.75, 3.05) is 27.7 Å². The molecule has 3 atom stereocenters. The molecule has 0 saturated heterocycles. The summed E-state index contributed by atoms with van der Waals surface area (Å²) in [5.74, 6) is 0.428. The zero-order valence-electron chi connectivity index (χ0n) is 21.3. The van der Waals surface area contributed by atoms with Gasteiger partial charge in [-0.1, -0.05) is 36.4 Å². The molecule has 192 valence electrons. The largest absolute Gasteiger partial charge is 0.497 e. The lowest BCUT2D eigenvalue weighted by Gasteiger charge is -2.47. The highest BCUT2D eigenvalue weighted by Crippen LogP contribution is 2.47. The summed E-state index contributed by atoms with van der Waals surface area (Å²) in [5, 5.41) is 0. The monoisotopic (exact) mass is 495 g/mol. The highest BCUT2D eigenvalue weighted by atomic mass is 19.1. The molecule has 0 radical (unpaired) electrons. The van der Waals surface area contributed by atoms with Crippen molar-refractivity contribution in [3.8, 4) is 5.75 Å². The third-order valence-electron chi connectivity index (χ3n) is 7.00. The molecule has 3 unspecified atom stereocenters. The Morgan fingerprint density at radius 2 is 1.53 bits per heavy atom. The van der Waals surface area contributed by atoms with Gasteiger partial charge in [-0.25, -0.2) is 8.78 Å². The van der Waals surface area contributed by atoms with E-state index in [1.54, 1.807) is 31.4 Å². The molecule has 0 bridgehead atoms. The van der Waals surface area contributed by atoms with E-state index in [4.69, 9.17) is 14.2 Å². The molecule has 1 saturated carbocycles. The lowest BCUT2D eigenvalue weighted by atomic mass is 9.70. The minimum absolute atomic E-state index is 0.0631. The number of nitrogens with zero attached hydrogens (tertiary/aromatic N) is 1. The van der Waals surface area contributed by atoms with E-state index < -0.39 is 5.60 Å². The Bertz CT molecular complexity index is 1100. The van der Waals surface area contributed by atoms with E-state index in [2.05, 4.69) is 31.1 Å². The molecule has 4 nitrogen and oxygen atoms in total. The molecule has 0 spiro atoms. The van der Waals surface area contributed by atoms with Crippen LogP contribution in [0.25, 0.3) is 0 Å². The normalized spacial score (nSPS) is 22.1. The van der Waals surface area contributed by atoms with E-state index in [9.17, 15) is 8.78 Å². The van der Waals surface area contributed by atoms with Crippen molar-refractivity contribution in [1.82, 2.24) is 4.90 Å². The molecule has 0 heterocycles. The van der Waals surface area contributed by atoms with Crippen molar-refractivity contribution < 1.29 is 23.0 Å². The van der Waals surface area contributed by atoms with Gasteiger partial charge in [-0.15, -0.1) is 0 Å².